The molecule has 1 rings (SSSR count). The van der Waals surface area contributed by atoms with E-state index in [4.69, 9.17) is 5.26 Å². The summed E-state index contributed by atoms with van der Waals surface area (Å²) in [6, 6.07) is 6.02. The summed E-state index contributed by atoms with van der Waals surface area (Å²) in [5.41, 5.74) is 0.398. The normalized spacial score (nSPS) is 9.33. The van der Waals surface area contributed by atoms with E-state index in [1.807, 2.05) is 6.07 Å². The van der Waals surface area contributed by atoms with Crippen LogP contribution in [0.1, 0.15) is 12.5 Å². The fourth-order valence-electron chi connectivity index (χ4n) is 1.34. The van der Waals surface area contributed by atoms with Gasteiger partial charge in [0.15, 0.2) is 0 Å². The zero-order chi connectivity index (χ0) is 13.5. The van der Waals surface area contributed by atoms with E-state index >= 15 is 0 Å². The highest BCUT2D eigenvalue weighted by Gasteiger charge is 2.13. The Morgan fingerprint density at radius 1 is 1.50 bits per heavy atom. The number of rotatable bonds is 5. The molecule has 0 heterocycles. The molecule has 0 atom stereocenters. The number of hydrogen-bond donors (Lipinski definition) is 2. The molecule has 0 bridgehead atoms. The molecule has 0 radical (unpaired) electrons. The van der Waals surface area contributed by atoms with Crippen molar-refractivity contribution >= 4 is 17.3 Å². The first kappa shape index (κ1) is 13.4. The van der Waals surface area contributed by atoms with Gasteiger partial charge in [0.25, 0.3) is 5.69 Å². The van der Waals surface area contributed by atoms with Gasteiger partial charge in [-0.25, -0.2) is 0 Å². The third kappa shape index (κ3) is 3.75. The largest absolute Gasteiger partial charge is 0.378 e. The van der Waals surface area contributed by atoms with Gasteiger partial charge >= 0.3 is 0 Å². The third-order valence-electron chi connectivity index (χ3n) is 2.14. The van der Waals surface area contributed by atoms with Crippen LogP contribution in [-0.2, 0) is 4.79 Å². The third-order valence-corrected chi connectivity index (χ3v) is 2.14. The molecule has 0 aliphatic carbocycles. The Kier molecular flexibility index (Phi) is 4.63. The molecule has 0 saturated carbocycles. The van der Waals surface area contributed by atoms with Crippen LogP contribution in [0, 0.1) is 21.4 Å². The average molecular weight is 248 g/mol. The lowest BCUT2D eigenvalue weighted by molar-refractivity contribution is -0.384. The van der Waals surface area contributed by atoms with Gasteiger partial charge in [-0.1, -0.05) is 0 Å². The molecule has 0 fully saturated rings. The fraction of sp³-hybridized carbons (Fsp3) is 0.273. The second-order valence-corrected chi connectivity index (χ2v) is 3.51. The van der Waals surface area contributed by atoms with E-state index in [9.17, 15) is 14.9 Å². The topological polar surface area (TPSA) is 108 Å². The summed E-state index contributed by atoms with van der Waals surface area (Å²) in [5, 5.41) is 24.9. The molecule has 0 spiro atoms. The van der Waals surface area contributed by atoms with E-state index in [-0.39, 0.29) is 17.2 Å². The van der Waals surface area contributed by atoms with Crippen molar-refractivity contribution in [2.75, 3.05) is 18.4 Å². The average Bonchev–Trinajstić information content (AvgIpc) is 2.34. The zero-order valence-corrected chi connectivity index (χ0v) is 9.77. The van der Waals surface area contributed by atoms with Crippen LogP contribution in [-0.4, -0.2) is 23.9 Å². The first-order valence-corrected chi connectivity index (χ1v) is 5.21. The lowest BCUT2D eigenvalue weighted by Gasteiger charge is -2.07. The van der Waals surface area contributed by atoms with Crippen LogP contribution >= 0.6 is 0 Å². The number of benzene rings is 1. The molecule has 1 amide bonds. The van der Waals surface area contributed by atoms with E-state index < -0.39 is 4.92 Å². The molecular weight excluding hydrogens is 236 g/mol. The molecule has 0 saturated heterocycles. The standard InChI is InChI=1S/C11H12N4O3/c1-8(16)13-4-5-14-10-3-2-9(7-12)6-11(10)15(17)18/h2-3,6,14H,4-5H2,1H3,(H,13,16). The minimum absolute atomic E-state index is 0.156. The van der Waals surface area contributed by atoms with Gasteiger partial charge in [0.2, 0.25) is 5.91 Å². The summed E-state index contributed by atoms with van der Waals surface area (Å²) in [7, 11) is 0. The Balaban J connectivity index is 2.73. The van der Waals surface area contributed by atoms with Gasteiger partial charge < -0.3 is 10.6 Å². The number of amides is 1. The minimum Gasteiger partial charge on any atom is -0.378 e. The van der Waals surface area contributed by atoms with Crippen LogP contribution < -0.4 is 10.6 Å². The Labute approximate surface area is 104 Å². The van der Waals surface area contributed by atoms with Crippen LogP contribution in [0.2, 0.25) is 0 Å². The van der Waals surface area contributed by atoms with Crippen LogP contribution in [0.4, 0.5) is 11.4 Å². The molecule has 2 N–H and O–H groups in total. The number of carbonyl (C=O) groups excluding carboxylic acids is 1. The number of hydrogen-bond acceptors (Lipinski definition) is 5. The number of carbonyl (C=O) groups is 1. The summed E-state index contributed by atoms with van der Waals surface area (Å²) >= 11 is 0. The van der Waals surface area contributed by atoms with Crippen molar-refractivity contribution in [3.8, 4) is 6.07 Å². The molecule has 7 nitrogen and oxygen atoms in total. The molecular formula is C11H12N4O3. The predicted molar refractivity (Wildman–Crippen MR) is 65.0 cm³/mol. The maximum atomic E-state index is 10.8. The quantitative estimate of drug-likeness (QED) is 0.459. The number of nitrogens with one attached hydrogen (secondary N) is 2. The molecule has 0 aromatic heterocycles. The van der Waals surface area contributed by atoms with Crippen molar-refractivity contribution in [2.24, 2.45) is 0 Å². The van der Waals surface area contributed by atoms with Crippen molar-refractivity contribution in [2.45, 2.75) is 6.92 Å². The first-order chi connectivity index (χ1) is 8.54. The number of anilines is 1. The van der Waals surface area contributed by atoms with E-state index in [1.165, 1.54) is 25.1 Å². The van der Waals surface area contributed by atoms with Gasteiger partial charge in [-0.05, 0) is 12.1 Å². The molecule has 1 aromatic rings. The molecule has 94 valence electrons. The SMILES string of the molecule is CC(=O)NCCNc1ccc(C#N)cc1[N+](=O)[O-]. The maximum Gasteiger partial charge on any atom is 0.293 e. The van der Waals surface area contributed by atoms with E-state index in [0.717, 1.165) is 0 Å². The summed E-state index contributed by atoms with van der Waals surface area (Å²) in [6.45, 7) is 2.13. The van der Waals surface area contributed by atoms with Crippen molar-refractivity contribution in [1.82, 2.24) is 5.32 Å². The van der Waals surface area contributed by atoms with Crippen molar-refractivity contribution in [1.29, 1.82) is 5.26 Å². The molecule has 0 aliphatic heterocycles. The van der Waals surface area contributed by atoms with Crippen LogP contribution in [0.15, 0.2) is 18.2 Å². The lowest BCUT2D eigenvalue weighted by atomic mass is 10.2. The molecule has 1 aromatic carbocycles. The van der Waals surface area contributed by atoms with E-state index in [2.05, 4.69) is 10.6 Å². The summed E-state index contributed by atoms with van der Waals surface area (Å²) in [4.78, 5) is 20.9. The van der Waals surface area contributed by atoms with Crippen LogP contribution in [0.3, 0.4) is 0 Å². The highest BCUT2D eigenvalue weighted by molar-refractivity contribution is 5.72. The number of nitriles is 1. The molecule has 0 aliphatic rings. The maximum absolute atomic E-state index is 10.8. The Morgan fingerprint density at radius 3 is 2.78 bits per heavy atom. The van der Waals surface area contributed by atoms with Gasteiger partial charge in [0.05, 0.1) is 16.6 Å². The number of nitrogens with zero attached hydrogens (tertiary/aromatic N) is 2. The van der Waals surface area contributed by atoms with Crippen molar-refractivity contribution < 1.29 is 9.72 Å². The summed E-state index contributed by atoms with van der Waals surface area (Å²) in [5.74, 6) is -0.161. The number of nitro benzene ring substituents is 1. The highest BCUT2D eigenvalue weighted by atomic mass is 16.6. The monoisotopic (exact) mass is 248 g/mol. The fourth-order valence-corrected chi connectivity index (χ4v) is 1.34. The molecule has 18 heavy (non-hydrogen) atoms. The Hall–Kier alpha value is -2.62. The van der Waals surface area contributed by atoms with Gasteiger partial charge in [-0.2, -0.15) is 5.26 Å². The van der Waals surface area contributed by atoms with Gasteiger partial charge in [0.1, 0.15) is 5.69 Å². The number of nitro groups is 1. The second-order valence-electron chi connectivity index (χ2n) is 3.51. The van der Waals surface area contributed by atoms with E-state index in [0.29, 0.717) is 18.8 Å². The highest BCUT2D eigenvalue weighted by Crippen LogP contribution is 2.24. The molecule has 0 unspecified atom stereocenters. The van der Waals surface area contributed by atoms with Crippen LogP contribution in [0.5, 0.6) is 0 Å². The minimum atomic E-state index is -0.554. The van der Waals surface area contributed by atoms with Crippen molar-refractivity contribution in [3.05, 3.63) is 33.9 Å². The lowest BCUT2D eigenvalue weighted by Crippen LogP contribution is -2.26. The van der Waals surface area contributed by atoms with Gasteiger partial charge in [-0.3, -0.25) is 14.9 Å². The first-order valence-electron chi connectivity index (χ1n) is 5.21. The zero-order valence-electron chi connectivity index (χ0n) is 9.77. The Morgan fingerprint density at radius 2 is 2.22 bits per heavy atom. The van der Waals surface area contributed by atoms with Gasteiger partial charge in [-0.15, -0.1) is 0 Å². The second kappa shape index (κ2) is 6.20. The van der Waals surface area contributed by atoms with E-state index in [1.54, 1.807) is 0 Å². The Bertz CT molecular complexity index is 508. The van der Waals surface area contributed by atoms with Gasteiger partial charge in [0, 0.05) is 26.1 Å². The van der Waals surface area contributed by atoms with Crippen molar-refractivity contribution in [3.63, 3.8) is 0 Å². The smallest absolute Gasteiger partial charge is 0.293 e. The molecule has 7 heteroatoms. The predicted octanol–water partition coefficient (Wildman–Crippen LogP) is 1.01. The van der Waals surface area contributed by atoms with Crippen LogP contribution in [0.25, 0.3) is 0 Å². The summed E-state index contributed by atoms with van der Waals surface area (Å²) in [6.07, 6.45) is 0. The summed E-state index contributed by atoms with van der Waals surface area (Å²) < 4.78 is 0.